The number of hydrogen-bond acceptors (Lipinski definition) is 8. The highest BCUT2D eigenvalue weighted by molar-refractivity contribution is 5.87. The van der Waals surface area contributed by atoms with E-state index in [1.54, 1.807) is 0 Å². The van der Waals surface area contributed by atoms with Crippen LogP contribution in [0.25, 0.3) is 0 Å². The van der Waals surface area contributed by atoms with Gasteiger partial charge in [0.05, 0.1) is 10.8 Å². The van der Waals surface area contributed by atoms with Crippen molar-refractivity contribution in [2.75, 3.05) is 0 Å². The molecule has 0 N–H and O–H groups in total. The van der Waals surface area contributed by atoms with E-state index in [-0.39, 0.29) is 0 Å². The Morgan fingerprint density at radius 2 is 1.06 bits per heavy atom. The topological polar surface area (TPSA) is 111 Å². The van der Waals surface area contributed by atoms with Crippen molar-refractivity contribution >= 4 is 11.9 Å². The lowest BCUT2D eigenvalue weighted by molar-refractivity contribution is -0.176. The minimum Gasteiger partial charge on any atom is -0.284 e. The Hall–Kier alpha value is -1.86. The Morgan fingerprint density at radius 1 is 0.812 bits per heavy atom. The Labute approximate surface area is 91.1 Å². The fourth-order valence-corrected chi connectivity index (χ4v) is 0.806. The lowest BCUT2D eigenvalue weighted by Gasteiger charge is -2.34. The Bertz CT molecular complexity index is 290. The molecule has 16 heavy (non-hydrogen) atoms. The molecule has 0 rings (SSSR count). The van der Waals surface area contributed by atoms with Crippen molar-refractivity contribution in [3.63, 3.8) is 0 Å². The van der Waals surface area contributed by atoms with Crippen molar-refractivity contribution in [1.82, 2.24) is 0 Å². The van der Waals surface area contributed by atoms with Gasteiger partial charge in [-0.15, -0.1) is 9.81 Å². The molecule has 0 amide bonds. The highest BCUT2D eigenvalue weighted by Gasteiger charge is 2.51. The minimum absolute atomic E-state index is 1.00. The van der Waals surface area contributed by atoms with Crippen LogP contribution < -0.4 is 0 Å². The van der Waals surface area contributed by atoms with Gasteiger partial charge in [0, 0.05) is 0 Å². The molecule has 0 aliphatic rings. The first-order valence-electron chi connectivity index (χ1n) is 4.30. The summed E-state index contributed by atoms with van der Waals surface area (Å²) in [6.45, 7) is 5.41. The van der Waals surface area contributed by atoms with Crippen molar-refractivity contribution in [2.24, 2.45) is 21.5 Å². The standard InChI is InChI=1S/C8H12N2O6/c1-7(2,5(11)15-9-13)8(3,4)6(12)16-10-14/h1-4H3. The van der Waals surface area contributed by atoms with Gasteiger partial charge in [0.25, 0.3) is 0 Å². The van der Waals surface area contributed by atoms with E-state index in [2.05, 4.69) is 9.68 Å². The quantitative estimate of drug-likeness (QED) is 0.524. The first-order valence-corrected chi connectivity index (χ1v) is 4.30. The molecular weight excluding hydrogens is 220 g/mol. The molecule has 0 heterocycles. The highest BCUT2D eigenvalue weighted by Crippen LogP contribution is 2.40. The fourth-order valence-electron chi connectivity index (χ4n) is 0.806. The second-order valence-corrected chi connectivity index (χ2v) is 4.16. The molecule has 0 aliphatic heterocycles. The van der Waals surface area contributed by atoms with Crippen LogP contribution in [-0.2, 0) is 19.3 Å². The van der Waals surface area contributed by atoms with E-state index in [1.165, 1.54) is 27.7 Å². The molecule has 0 aromatic heterocycles. The van der Waals surface area contributed by atoms with Crippen LogP contribution in [0.2, 0.25) is 0 Å². The van der Waals surface area contributed by atoms with Crippen LogP contribution in [0, 0.1) is 20.6 Å². The van der Waals surface area contributed by atoms with Gasteiger partial charge in [-0.2, -0.15) is 0 Å². The van der Waals surface area contributed by atoms with Crippen molar-refractivity contribution in [2.45, 2.75) is 27.7 Å². The zero-order chi connectivity index (χ0) is 13.0. The average Bonchev–Trinajstić information content (AvgIpc) is 2.18. The summed E-state index contributed by atoms with van der Waals surface area (Å²) in [7, 11) is 0. The Kier molecular flexibility index (Phi) is 4.22. The average molecular weight is 232 g/mol. The number of rotatable bonds is 5. The second kappa shape index (κ2) is 4.77. The molecule has 0 aromatic rings. The predicted octanol–water partition coefficient (Wildman–Crippen LogP) is 1.49. The normalized spacial score (nSPS) is 11.5. The summed E-state index contributed by atoms with van der Waals surface area (Å²) >= 11 is 0. The molecule has 0 aliphatic carbocycles. The number of nitrogens with zero attached hydrogens (tertiary/aromatic N) is 2. The lowest BCUT2D eigenvalue weighted by Crippen LogP contribution is -2.45. The largest absolute Gasteiger partial charge is 0.345 e. The van der Waals surface area contributed by atoms with Gasteiger partial charge < -0.3 is 0 Å². The Balaban J connectivity index is 5.10. The summed E-state index contributed by atoms with van der Waals surface area (Å²) in [6, 6.07) is 0. The molecule has 0 unspecified atom stereocenters. The smallest absolute Gasteiger partial charge is 0.284 e. The van der Waals surface area contributed by atoms with Crippen LogP contribution in [0.3, 0.4) is 0 Å². The molecule has 0 fully saturated rings. The minimum atomic E-state index is -1.40. The number of hydrogen-bond donors (Lipinski definition) is 0. The van der Waals surface area contributed by atoms with Gasteiger partial charge in [0.15, 0.2) is 10.7 Å². The zero-order valence-corrected chi connectivity index (χ0v) is 9.34. The van der Waals surface area contributed by atoms with Crippen molar-refractivity contribution in [3.8, 4) is 0 Å². The molecule has 90 valence electrons. The maximum absolute atomic E-state index is 11.4. The van der Waals surface area contributed by atoms with E-state index in [0.717, 1.165) is 0 Å². The fraction of sp³-hybridized carbons (Fsp3) is 0.750. The molecule has 0 atom stereocenters. The highest BCUT2D eigenvalue weighted by atomic mass is 16.8. The molecule has 8 nitrogen and oxygen atoms in total. The van der Waals surface area contributed by atoms with Crippen molar-refractivity contribution in [3.05, 3.63) is 9.81 Å². The van der Waals surface area contributed by atoms with E-state index in [9.17, 15) is 19.4 Å². The lowest BCUT2D eigenvalue weighted by atomic mass is 9.68. The van der Waals surface area contributed by atoms with Crippen LogP contribution in [0.4, 0.5) is 0 Å². The van der Waals surface area contributed by atoms with Crippen LogP contribution >= 0.6 is 0 Å². The van der Waals surface area contributed by atoms with E-state index in [1.807, 2.05) is 10.7 Å². The van der Waals surface area contributed by atoms with E-state index in [4.69, 9.17) is 0 Å². The maximum Gasteiger partial charge on any atom is 0.345 e. The van der Waals surface area contributed by atoms with Gasteiger partial charge in [-0.05, 0) is 27.7 Å². The predicted molar refractivity (Wildman–Crippen MR) is 51.3 cm³/mol. The summed E-state index contributed by atoms with van der Waals surface area (Å²) in [6.07, 6.45) is 0. The van der Waals surface area contributed by atoms with Crippen LogP contribution in [0.5, 0.6) is 0 Å². The summed E-state index contributed by atoms with van der Waals surface area (Å²) in [5.41, 5.74) is -2.80. The van der Waals surface area contributed by atoms with Gasteiger partial charge in [0.1, 0.15) is 0 Å². The number of carbonyl (C=O) groups is 2. The summed E-state index contributed by atoms with van der Waals surface area (Å²) < 4.78 is 0. The van der Waals surface area contributed by atoms with Crippen LogP contribution in [0.1, 0.15) is 27.7 Å². The van der Waals surface area contributed by atoms with Gasteiger partial charge in [-0.25, -0.2) is 9.59 Å². The molecule has 0 aromatic carbocycles. The van der Waals surface area contributed by atoms with E-state index in [0.29, 0.717) is 0 Å². The molecule has 8 heteroatoms. The maximum atomic E-state index is 11.4. The van der Waals surface area contributed by atoms with E-state index < -0.39 is 22.8 Å². The third-order valence-electron chi connectivity index (χ3n) is 2.82. The van der Waals surface area contributed by atoms with E-state index >= 15 is 0 Å². The molecule has 0 spiro atoms. The van der Waals surface area contributed by atoms with Gasteiger partial charge >= 0.3 is 11.9 Å². The first-order chi connectivity index (χ1) is 7.21. The third-order valence-corrected chi connectivity index (χ3v) is 2.82. The zero-order valence-electron chi connectivity index (χ0n) is 9.34. The first kappa shape index (κ1) is 14.1. The summed E-state index contributed by atoms with van der Waals surface area (Å²) in [4.78, 5) is 50.3. The van der Waals surface area contributed by atoms with Crippen LogP contribution in [0.15, 0.2) is 10.7 Å². The van der Waals surface area contributed by atoms with Crippen LogP contribution in [-0.4, -0.2) is 11.9 Å². The molecule has 0 radical (unpaired) electrons. The van der Waals surface area contributed by atoms with Crippen molar-refractivity contribution < 1.29 is 19.3 Å². The van der Waals surface area contributed by atoms with Gasteiger partial charge in [-0.1, -0.05) is 0 Å². The number of carbonyl (C=O) groups excluding carboxylic acids is 2. The van der Waals surface area contributed by atoms with Gasteiger partial charge in [-0.3, -0.25) is 9.68 Å². The van der Waals surface area contributed by atoms with Crippen molar-refractivity contribution in [1.29, 1.82) is 0 Å². The SMILES string of the molecule is CC(C)(C(=O)ON=O)C(C)(C)C(=O)ON=O. The third kappa shape index (κ3) is 2.38. The summed E-state index contributed by atoms with van der Waals surface area (Å²) in [5, 5.41) is 3.97. The molecule has 0 saturated carbocycles. The van der Waals surface area contributed by atoms with Gasteiger partial charge in [0.2, 0.25) is 0 Å². The molecule has 0 bridgehead atoms. The molecule has 0 saturated heterocycles. The second-order valence-electron chi connectivity index (χ2n) is 4.16. The molecular formula is C8H12N2O6. The monoisotopic (exact) mass is 232 g/mol. The summed E-state index contributed by atoms with van der Waals surface area (Å²) in [5.74, 6) is -2.01. The Morgan fingerprint density at radius 3 is 1.25 bits per heavy atom.